The maximum atomic E-state index is 13.0. The predicted molar refractivity (Wildman–Crippen MR) is 202 cm³/mol. The van der Waals surface area contributed by atoms with Crippen molar-refractivity contribution in [2.24, 2.45) is 14.1 Å². The second-order valence-corrected chi connectivity index (χ2v) is 14.5. The number of rotatable bonds is 8. The van der Waals surface area contributed by atoms with Crippen molar-refractivity contribution in [2.75, 3.05) is 41.0 Å². The number of halogens is 2. The van der Waals surface area contributed by atoms with Gasteiger partial charge in [0.2, 0.25) is 15.0 Å². The zero-order valence-electron chi connectivity index (χ0n) is 29.1. The van der Waals surface area contributed by atoms with Crippen molar-refractivity contribution >= 4 is 66.9 Å². The highest BCUT2D eigenvalue weighted by molar-refractivity contribution is 7.98. The van der Waals surface area contributed by atoms with Gasteiger partial charge in [-0.1, -0.05) is 35.0 Å². The first kappa shape index (κ1) is 38.3. The zero-order valence-corrected chi connectivity index (χ0v) is 32.3. The van der Waals surface area contributed by atoms with Gasteiger partial charge in [0.1, 0.15) is 34.3 Å². The molecule has 0 saturated carbocycles. The van der Waals surface area contributed by atoms with Crippen LogP contribution in [-0.4, -0.2) is 78.4 Å². The molecule has 6 rings (SSSR count). The van der Waals surface area contributed by atoms with Crippen LogP contribution in [0.2, 0.25) is 10.0 Å². The fraction of sp³-hybridized carbons (Fsp3) is 0.235. The van der Waals surface area contributed by atoms with Crippen molar-refractivity contribution < 1.29 is 27.4 Å². The van der Waals surface area contributed by atoms with E-state index in [0.29, 0.717) is 33.3 Å². The maximum absolute atomic E-state index is 13.0. The molecule has 6 aromatic rings. The van der Waals surface area contributed by atoms with E-state index in [1.165, 1.54) is 60.5 Å². The summed E-state index contributed by atoms with van der Waals surface area (Å²) in [5, 5.41) is 1.76. The van der Waals surface area contributed by atoms with Crippen LogP contribution in [0.1, 0.15) is 0 Å². The number of hydrogen-bond donors (Lipinski definition) is 0. The van der Waals surface area contributed by atoms with E-state index in [1.807, 2.05) is 18.4 Å². The minimum Gasteiger partial charge on any atom is -0.497 e. The molecule has 2 aromatic carbocycles. The molecule has 272 valence electrons. The Hall–Kier alpha value is -4.90. The van der Waals surface area contributed by atoms with Crippen molar-refractivity contribution in [2.45, 2.75) is 10.3 Å². The summed E-state index contributed by atoms with van der Waals surface area (Å²) in [5.41, 5.74) is 1.81. The number of sulfone groups is 1. The summed E-state index contributed by atoms with van der Waals surface area (Å²) in [7, 11) is 5.56. The van der Waals surface area contributed by atoms with Gasteiger partial charge >= 0.3 is 0 Å². The molecular weight excluding hydrogens is 755 g/mol. The van der Waals surface area contributed by atoms with Crippen LogP contribution in [0.5, 0.6) is 23.0 Å². The Balaban J connectivity index is 0.000000203. The Morgan fingerprint density at radius 1 is 0.692 bits per heavy atom. The van der Waals surface area contributed by atoms with Gasteiger partial charge in [0.05, 0.1) is 44.0 Å². The van der Waals surface area contributed by atoms with Gasteiger partial charge < -0.3 is 18.9 Å². The highest BCUT2D eigenvalue weighted by Gasteiger charge is 2.23. The van der Waals surface area contributed by atoms with Crippen molar-refractivity contribution in [1.29, 1.82) is 0 Å². The van der Waals surface area contributed by atoms with Gasteiger partial charge in [-0.05, 0) is 36.1 Å². The van der Waals surface area contributed by atoms with Crippen molar-refractivity contribution in [3.05, 3.63) is 79.5 Å². The maximum Gasteiger partial charge on any atom is 0.259 e. The molecule has 0 fully saturated rings. The van der Waals surface area contributed by atoms with Gasteiger partial charge in [-0.3, -0.25) is 18.7 Å². The number of aromatic nitrogens is 6. The topological polar surface area (TPSA) is 167 Å². The lowest BCUT2D eigenvalue weighted by Crippen LogP contribution is -2.21. The third-order valence-electron chi connectivity index (χ3n) is 7.87. The SMILES string of the molecule is COc1cc(OC)c(Cl)c(-c2cc3cnc(S(C)(=O)=O)nc3n(C)c2=O)c1Cl.COc1cc(OC)cc(-c2cc3cnc(SC)nc3n(C)c2=O)c1. The number of thioether (sulfide) groups is 1. The van der Waals surface area contributed by atoms with Crippen LogP contribution < -0.4 is 30.1 Å². The Morgan fingerprint density at radius 2 is 1.19 bits per heavy atom. The summed E-state index contributed by atoms with van der Waals surface area (Å²) in [4.78, 5) is 42.4. The fourth-order valence-corrected chi connectivity index (χ4v) is 6.75. The van der Waals surface area contributed by atoms with Gasteiger partial charge in [0, 0.05) is 66.8 Å². The number of aryl methyl sites for hydroxylation is 2. The first-order valence-electron chi connectivity index (χ1n) is 15.0. The second kappa shape index (κ2) is 15.4. The summed E-state index contributed by atoms with van der Waals surface area (Å²) < 4.78 is 47.3. The molecule has 4 heterocycles. The van der Waals surface area contributed by atoms with E-state index < -0.39 is 15.4 Å². The summed E-state index contributed by atoms with van der Waals surface area (Å²) in [5.74, 6) is 1.81. The molecule has 52 heavy (non-hydrogen) atoms. The third kappa shape index (κ3) is 7.37. The molecule has 14 nitrogen and oxygen atoms in total. The average molecular weight is 788 g/mol. The standard InChI is InChI=1S/C17H15Cl2N3O5S.C17H17N3O3S/c1-22-15-8(7-20-17(21-15)28(4,24)25)5-9(16(22)23)12-13(18)10(26-2)6-11(27-3)14(12)19;1-20-15-11(9-18-17(19-15)24-4)7-14(16(20)21)10-5-12(22-2)8-13(6-10)23-3/h5-7H,1-4H3;5-9H,1-4H3. The average Bonchev–Trinajstić information content (AvgIpc) is 3.14. The number of ether oxygens (including phenoxy) is 4. The van der Waals surface area contributed by atoms with Crippen LogP contribution in [0.4, 0.5) is 0 Å². The summed E-state index contributed by atoms with van der Waals surface area (Å²) in [6.07, 6.45) is 5.94. The van der Waals surface area contributed by atoms with Gasteiger partial charge in [-0.15, -0.1) is 0 Å². The summed E-state index contributed by atoms with van der Waals surface area (Å²) >= 11 is 14.3. The molecule has 18 heteroatoms. The molecule has 0 atom stereocenters. The van der Waals surface area contributed by atoms with Crippen molar-refractivity contribution in [3.63, 3.8) is 0 Å². The third-order valence-corrected chi connectivity index (χ3v) is 10.0. The minimum absolute atomic E-state index is 0.136. The number of benzene rings is 2. The number of methoxy groups -OCH3 is 4. The van der Waals surface area contributed by atoms with Gasteiger partial charge in [0.15, 0.2) is 5.16 Å². The minimum atomic E-state index is -3.63. The Kier molecular flexibility index (Phi) is 11.3. The molecule has 0 unspecified atom stereocenters. The molecule has 0 spiro atoms. The molecule has 0 aliphatic heterocycles. The highest BCUT2D eigenvalue weighted by Crippen LogP contribution is 2.45. The second-order valence-electron chi connectivity index (χ2n) is 11.1. The quantitative estimate of drug-likeness (QED) is 0.141. The molecule has 0 N–H and O–H groups in total. The smallest absolute Gasteiger partial charge is 0.259 e. The molecule has 0 aliphatic carbocycles. The molecule has 0 aliphatic rings. The largest absolute Gasteiger partial charge is 0.497 e. The van der Waals surface area contributed by atoms with Gasteiger partial charge in [-0.2, -0.15) is 4.98 Å². The number of hydrogen-bond acceptors (Lipinski definition) is 13. The lowest BCUT2D eigenvalue weighted by Gasteiger charge is -2.15. The van der Waals surface area contributed by atoms with E-state index in [2.05, 4.69) is 19.9 Å². The van der Waals surface area contributed by atoms with E-state index >= 15 is 0 Å². The molecule has 0 amide bonds. The molecular formula is C34H32Cl2N6O8S2. The van der Waals surface area contributed by atoms with Gasteiger partial charge in [0.25, 0.3) is 11.1 Å². The highest BCUT2D eigenvalue weighted by atomic mass is 35.5. The van der Waals surface area contributed by atoms with E-state index in [0.717, 1.165) is 17.2 Å². The lowest BCUT2D eigenvalue weighted by molar-refractivity contribution is 0.394. The van der Waals surface area contributed by atoms with Crippen LogP contribution in [0.25, 0.3) is 44.3 Å². The Labute approximate surface area is 312 Å². The molecule has 0 saturated heterocycles. The van der Waals surface area contributed by atoms with Crippen molar-refractivity contribution in [1.82, 2.24) is 29.1 Å². The first-order valence-corrected chi connectivity index (χ1v) is 18.9. The molecule has 0 radical (unpaired) electrons. The van der Waals surface area contributed by atoms with E-state index in [1.54, 1.807) is 39.6 Å². The Morgan fingerprint density at radius 3 is 1.69 bits per heavy atom. The van der Waals surface area contributed by atoms with Gasteiger partial charge in [-0.25, -0.2) is 23.4 Å². The number of pyridine rings is 2. The monoisotopic (exact) mass is 786 g/mol. The van der Waals surface area contributed by atoms with E-state index in [4.69, 9.17) is 42.1 Å². The van der Waals surface area contributed by atoms with Crippen LogP contribution >= 0.6 is 35.0 Å². The normalized spacial score (nSPS) is 11.3. The predicted octanol–water partition coefficient (Wildman–Crippen LogP) is 5.46. The number of nitrogens with zero attached hydrogens (tertiary/aromatic N) is 6. The van der Waals surface area contributed by atoms with Crippen molar-refractivity contribution in [3.8, 4) is 45.3 Å². The Bertz CT molecular complexity index is 2550. The zero-order chi connectivity index (χ0) is 38.1. The van der Waals surface area contributed by atoms with E-state index in [-0.39, 0.29) is 49.0 Å². The fourth-order valence-electron chi connectivity index (χ4n) is 5.21. The van der Waals surface area contributed by atoms with Crippen LogP contribution in [0.3, 0.4) is 0 Å². The number of fused-ring (bicyclic) bond motifs is 2. The molecule has 4 aromatic heterocycles. The summed E-state index contributed by atoms with van der Waals surface area (Å²) in [6, 6.07) is 10.2. The lowest BCUT2D eigenvalue weighted by atomic mass is 10.0. The summed E-state index contributed by atoms with van der Waals surface area (Å²) in [6.45, 7) is 0. The van der Waals surface area contributed by atoms with Crippen LogP contribution in [-0.2, 0) is 23.9 Å². The van der Waals surface area contributed by atoms with E-state index in [9.17, 15) is 18.0 Å². The van der Waals surface area contributed by atoms with Crippen LogP contribution in [0.15, 0.2) is 68.7 Å². The molecule has 0 bridgehead atoms. The van der Waals surface area contributed by atoms with Crippen LogP contribution in [0, 0.1) is 0 Å². The first-order chi connectivity index (χ1) is 24.7.